The van der Waals surface area contributed by atoms with Crippen molar-refractivity contribution in [2.24, 2.45) is 0 Å². The van der Waals surface area contributed by atoms with Crippen molar-refractivity contribution in [2.75, 3.05) is 30.4 Å². The lowest BCUT2D eigenvalue weighted by Gasteiger charge is -2.18. The van der Waals surface area contributed by atoms with Crippen LogP contribution in [0.1, 0.15) is 24.0 Å². The first-order chi connectivity index (χ1) is 13.1. The normalized spacial score (nSPS) is 14.0. The zero-order valence-electron chi connectivity index (χ0n) is 15.7. The van der Waals surface area contributed by atoms with Crippen LogP contribution in [-0.4, -0.2) is 26.1 Å². The first-order valence-electron chi connectivity index (χ1n) is 9.04. The van der Waals surface area contributed by atoms with E-state index in [0.29, 0.717) is 11.4 Å². The van der Waals surface area contributed by atoms with Gasteiger partial charge in [0.15, 0.2) is 0 Å². The number of carbonyl (C=O) groups excluding carboxylic acids is 1. The molecule has 0 unspecified atom stereocenters. The number of hydrogen-bond donors (Lipinski definition) is 1. The molecule has 1 fully saturated rings. The van der Waals surface area contributed by atoms with E-state index in [2.05, 4.69) is 22.3 Å². The molecule has 0 radical (unpaired) electrons. The van der Waals surface area contributed by atoms with Gasteiger partial charge in [0.25, 0.3) is 5.91 Å². The van der Waals surface area contributed by atoms with E-state index in [1.165, 1.54) is 25.6 Å². The van der Waals surface area contributed by atoms with Gasteiger partial charge < -0.3 is 15.0 Å². The largest absolute Gasteiger partial charge is 0.495 e. The highest BCUT2D eigenvalue weighted by Gasteiger charge is 2.15. The van der Waals surface area contributed by atoms with Crippen molar-refractivity contribution in [3.63, 3.8) is 0 Å². The predicted molar refractivity (Wildman–Crippen MR) is 108 cm³/mol. The first kappa shape index (κ1) is 18.5. The van der Waals surface area contributed by atoms with Crippen LogP contribution in [0.5, 0.6) is 5.75 Å². The molecule has 1 aliphatic heterocycles. The summed E-state index contributed by atoms with van der Waals surface area (Å²) in [5.74, 6) is 0.0966. The molecule has 3 rings (SSSR count). The lowest BCUT2D eigenvalue weighted by molar-refractivity contribution is -0.112. The number of aryl methyl sites for hydroxylation is 1. The van der Waals surface area contributed by atoms with E-state index in [9.17, 15) is 10.1 Å². The molecule has 1 heterocycles. The number of carbonyl (C=O) groups is 1. The number of nitrogens with one attached hydrogen (secondary N) is 1. The van der Waals surface area contributed by atoms with Gasteiger partial charge in [-0.25, -0.2) is 0 Å². The number of rotatable bonds is 5. The molecule has 0 atom stereocenters. The third-order valence-electron chi connectivity index (χ3n) is 4.74. The molecular formula is C22H23N3O2. The van der Waals surface area contributed by atoms with Crippen molar-refractivity contribution >= 4 is 23.4 Å². The summed E-state index contributed by atoms with van der Waals surface area (Å²) in [6, 6.07) is 15.3. The van der Waals surface area contributed by atoms with Gasteiger partial charge in [-0.3, -0.25) is 4.79 Å². The monoisotopic (exact) mass is 361 g/mol. The smallest absolute Gasteiger partial charge is 0.266 e. The number of methoxy groups -OCH3 is 1. The van der Waals surface area contributed by atoms with E-state index in [4.69, 9.17) is 4.74 Å². The molecule has 1 N–H and O–H groups in total. The summed E-state index contributed by atoms with van der Waals surface area (Å²) in [5, 5.41) is 12.2. The minimum atomic E-state index is -0.454. The highest BCUT2D eigenvalue weighted by molar-refractivity contribution is 6.10. The third-order valence-corrected chi connectivity index (χ3v) is 4.74. The van der Waals surface area contributed by atoms with E-state index in [1.807, 2.05) is 25.1 Å². The van der Waals surface area contributed by atoms with Crippen LogP contribution in [-0.2, 0) is 4.79 Å². The van der Waals surface area contributed by atoms with E-state index in [1.54, 1.807) is 24.3 Å². The van der Waals surface area contributed by atoms with Gasteiger partial charge in [0.05, 0.1) is 12.8 Å². The molecule has 2 aromatic carbocycles. The van der Waals surface area contributed by atoms with E-state index >= 15 is 0 Å². The SMILES string of the molecule is COc1ccccc1NC(=O)C(C#N)=Cc1ccc(N2CCCC2)cc1C. The summed E-state index contributed by atoms with van der Waals surface area (Å²) in [7, 11) is 1.54. The Kier molecular flexibility index (Phi) is 5.77. The van der Waals surface area contributed by atoms with Crippen LogP contribution in [0.2, 0.25) is 0 Å². The summed E-state index contributed by atoms with van der Waals surface area (Å²) >= 11 is 0. The number of hydrogen-bond acceptors (Lipinski definition) is 4. The number of amides is 1. The number of nitriles is 1. The number of ether oxygens (including phenoxy) is 1. The topological polar surface area (TPSA) is 65.4 Å². The second kappa shape index (κ2) is 8.41. The summed E-state index contributed by atoms with van der Waals surface area (Å²) < 4.78 is 5.24. The molecule has 1 saturated heterocycles. The average molecular weight is 361 g/mol. The summed E-state index contributed by atoms with van der Waals surface area (Å²) in [6.07, 6.45) is 4.08. The fourth-order valence-electron chi connectivity index (χ4n) is 3.24. The van der Waals surface area contributed by atoms with Gasteiger partial charge in [0.2, 0.25) is 0 Å². The van der Waals surface area contributed by atoms with Crippen molar-refractivity contribution in [3.05, 3.63) is 59.2 Å². The van der Waals surface area contributed by atoms with Gasteiger partial charge in [-0.1, -0.05) is 18.2 Å². The Morgan fingerprint density at radius 1 is 1.22 bits per heavy atom. The quantitative estimate of drug-likeness (QED) is 0.642. The molecule has 0 bridgehead atoms. The van der Waals surface area contributed by atoms with Gasteiger partial charge in [-0.05, 0) is 61.2 Å². The summed E-state index contributed by atoms with van der Waals surface area (Å²) in [4.78, 5) is 14.9. The number of para-hydroxylation sites is 2. The first-order valence-corrected chi connectivity index (χ1v) is 9.04. The molecule has 2 aromatic rings. The molecule has 1 amide bonds. The Bertz CT molecular complexity index is 906. The fourth-order valence-corrected chi connectivity index (χ4v) is 3.24. The van der Waals surface area contributed by atoms with E-state index in [0.717, 1.165) is 24.2 Å². The minimum Gasteiger partial charge on any atom is -0.495 e. The maximum Gasteiger partial charge on any atom is 0.266 e. The maximum atomic E-state index is 12.5. The Morgan fingerprint density at radius 2 is 1.96 bits per heavy atom. The average Bonchev–Trinajstić information content (AvgIpc) is 3.22. The van der Waals surface area contributed by atoms with Crippen LogP contribution in [0.25, 0.3) is 6.08 Å². The van der Waals surface area contributed by atoms with E-state index in [-0.39, 0.29) is 5.57 Å². The van der Waals surface area contributed by atoms with Crippen molar-refractivity contribution < 1.29 is 9.53 Å². The Hall–Kier alpha value is -3.26. The second-order valence-corrected chi connectivity index (χ2v) is 6.56. The second-order valence-electron chi connectivity index (χ2n) is 6.56. The van der Waals surface area contributed by atoms with E-state index < -0.39 is 5.91 Å². The highest BCUT2D eigenvalue weighted by Crippen LogP contribution is 2.26. The molecule has 1 aliphatic rings. The molecule has 0 spiro atoms. The predicted octanol–water partition coefficient (Wildman–Crippen LogP) is 4.15. The van der Waals surface area contributed by atoms with Crippen LogP contribution >= 0.6 is 0 Å². The van der Waals surface area contributed by atoms with Gasteiger partial charge >= 0.3 is 0 Å². The van der Waals surface area contributed by atoms with Crippen LogP contribution in [0.15, 0.2) is 48.0 Å². The van der Waals surface area contributed by atoms with Crippen LogP contribution in [0, 0.1) is 18.3 Å². The zero-order chi connectivity index (χ0) is 19.2. The summed E-state index contributed by atoms with van der Waals surface area (Å²) in [5.41, 5.74) is 3.69. The third kappa shape index (κ3) is 4.29. The minimum absolute atomic E-state index is 0.0536. The van der Waals surface area contributed by atoms with Gasteiger partial charge in [-0.15, -0.1) is 0 Å². The lowest BCUT2D eigenvalue weighted by atomic mass is 10.0. The van der Waals surface area contributed by atoms with Crippen LogP contribution in [0.3, 0.4) is 0 Å². The molecule has 0 aliphatic carbocycles. The number of nitrogens with zero attached hydrogens (tertiary/aromatic N) is 2. The Morgan fingerprint density at radius 3 is 2.63 bits per heavy atom. The molecular weight excluding hydrogens is 338 g/mol. The van der Waals surface area contributed by atoms with Crippen LogP contribution < -0.4 is 15.0 Å². The van der Waals surface area contributed by atoms with Gasteiger partial charge in [-0.2, -0.15) is 5.26 Å². The standard InChI is InChI=1S/C22H23N3O2/c1-16-13-19(25-11-5-6-12-25)10-9-17(16)14-18(15-23)22(26)24-20-7-3-4-8-21(20)27-2/h3-4,7-10,13-14H,5-6,11-12H2,1-2H3,(H,24,26). The molecule has 138 valence electrons. The Balaban J connectivity index is 1.81. The molecule has 0 aromatic heterocycles. The van der Waals surface area contributed by atoms with Crippen molar-refractivity contribution in [3.8, 4) is 11.8 Å². The van der Waals surface area contributed by atoms with Gasteiger partial charge in [0.1, 0.15) is 17.4 Å². The van der Waals surface area contributed by atoms with Crippen LogP contribution in [0.4, 0.5) is 11.4 Å². The zero-order valence-corrected chi connectivity index (χ0v) is 15.7. The lowest BCUT2D eigenvalue weighted by Crippen LogP contribution is -2.17. The summed E-state index contributed by atoms with van der Waals surface area (Å²) in [6.45, 7) is 4.16. The molecule has 5 nitrogen and oxygen atoms in total. The number of anilines is 2. The maximum absolute atomic E-state index is 12.5. The molecule has 27 heavy (non-hydrogen) atoms. The Labute approximate surface area is 159 Å². The number of benzene rings is 2. The molecule has 0 saturated carbocycles. The highest BCUT2D eigenvalue weighted by atomic mass is 16.5. The van der Waals surface area contributed by atoms with Crippen molar-refractivity contribution in [1.82, 2.24) is 0 Å². The molecule has 5 heteroatoms. The van der Waals surface area contributed by atoms with Crippen molar-refractivity contribution in [2.45, 2.75) is 19.8 Å². The fraction of sp³-hybridized carbons (Fsp3) is 0.273. The van der Waals surface area contributed by atoms with Crippen molar-refractivity contribution in [1.29, 1.82) is 5.26 Å². The van der Waals surface area contributed by atoms with Gasteiger partial charge in [0, 0.05) is 18.8 Å².